The van der Waals surface area contributed by atoms with Gasteiger partial charge in [0, 0.05) is 0 Å². The van der Waals surface area contributed by atoms with Gasteiger partial charge in [0.1, 0.15) is 0 Å². The molecule has 0 bridgehead atoms. The van der Waals surface area contributed by atoms with Crippen LogP contribution in [0.5, 0.6) is 0 Å². The fourth-order valence-electron chi connectivity index (χ4n) is 0.231. The molecule has 42 valence electrons. The molecule has 0 aromatic carbocycles. The van der Waals surface area contributed by atoms with Crippen LogP contribution in [0.3, 0.4) is 0 Å². The van der Waals surface area contributed by atoms with E-state index in [-0.39, 0.29) is 5.95 Å². The summed E-state index contributed by atoms with van der Waals surface area (Å²) in [4.78, 5) is 0. The zero-order valence-corrected chi connectivity index (χ0v) is 4.64. The minimum absolute atomic E-state index is 0.00231. The summed E-state index contributed by atoms with van der Waals surface area (Å²) in [5, 5.41) is 8.50. The van der Waals surface area contributed by atoms with E-state index in [1.165, 1.54) is 6.08 Å². The van der Waals surface area contributed by atoms with Crippen LogP contribution in [-0.2, 0) is 4.74 Å². The Hall–Kier alpha value is -0.660. The van der Waals surface area contributed by atoms with Gasteiger partial charge in [0.25, 0.3) is 5.95 Å². The molecule has 0 aromatic heterocycles. The Morgan fingerprint density at radius 1 is 1.86 bits per heavy atom. The number of aliphatic hydroxyl groups excluding tert-OH is 1. The van der Waals surface area contributed by atoms with Crippen LogP contribution in [0.15, 0.2) is 12.0 Å². The van der Waals surface area contributed by atoms with E-state index < -0.39 is 0 Å². The van der Waals surface area contributed by atoms with Crippen LogP contribution in [0.1, 0.15) is 13.8 Å². The third-order valence-corrected chi connectivity index (χ3v) is 0.539. The van der Waals surface area contributed by atoms with Gasteiger partial charge in [-0.25, -0.2) is 0 Å². The van der Waals surface area contributed by atoms with Crippen molar-refractivity contribution in [2.24, 2.45) is 0 Å². The van der Waals surface area contributed by atoms with Gasteiger partial charge in [-0.15, -0.1) is 0 Å². The monoisotopic (exact) mass is 102 g/mol. The van der Waals surface area contributed by atoms with Crippen molar-refractivity contribution in [2.75, 3.05) is 6.61 Å². The van der Waals surface area contributed by atoms with Crippen LogP contribution in [0.25, 0.3) is 0 Å². The molecule has 0 spiro atoms. The molecule has 0 aliphatic heterocycles. The lowest BCUT2D eigenvalue weighted by Gasteiger charge is -1.95. The highest BCUT2D eigenvalue weighted by molar-refractivity contribution is 4.74. The predicted molar refractivity (Wildman–Crippen MR) is 28.0 cm³/mol. The Morgan fingerprint density at radius 3 is 2.57 bits per heavy atom. The Morgan fingerprint density at radius 2 is 2.43 bits per heavy atom. The molecule has 0 amide bonds. The summed E-state index contributed by atoms with van der Waals surface area (Å²) >= 11 is 0. The summed E-state index contributed by atoms with van der Waals surface area (Å²) in [7, 11) is 0. The third-order valence-electron chi connectivity index (χ3n) is 0.539. The highest BCUT2D eigenvalue weighted by atomic mass is 16.6. The third kappa shape index (κ3) is 3.16. The van der Waals surface area contributed by atoms with Crippen LogP contribution in [-0.4, -0.2) is 11.7 Å². The summed E-state index contributed by atoms with van der Waals surface area (Å²) in [5.41, 5.74) is 0. The number of rotatable bonds is 2. The highest BCUT2D eigenvalue weighted by Crippen LogP contribution is 1.86. The molecule has 0 fully saturated rings. The summed E-state index contributed by atoms with van der Waals surface area (Å²) in [6.45, 7) is 4.06. The van der Waals surface area contributed by atoms with Gasteiger partial charge in [-0.05, 0) is 19.9 Å². The Bertz CT molecular complexity index is 66.5. The van der Waals surface area contributed by atoms with Gasteiger partial charge < -0.3 is 9.84 Å². The molecule has 0 unspecified atom stereocenters. The van der Waals surface area contributed by atoms with E-state index in [2.05, 4.69) is 4.74 Å². The second kappa shape index (κ2) is 3.53. The molecule has 0 radical (unpaired) electrons. The Kier molecular flexibility index (Phi) is 3.19. The molecule has 0 atom stereocenters. The normalized spacial score (nSPS) is 11.4. The number of allylic oxidation sites excluding steroid dienone is 1. The first-order valence-corrected chi connectivity index (χ1v) is 2.29. The number of ether oxygens (including phenoxy) is 1. The molecule has 0 heterocycles. The second-order valence-corrected chi connectivity index (χ2v) is 1.06. The lowest BCUT2D eigenvalue weighted by atomic mass is 10.7. The van der Waals surface area contributed by atoms with Crippen molar-refractivity contribution in [3.63, 3.8) is 0 Å². The van der Waals surface area contributed by atoms with Crippen molar-refractivity contribution in [1.82, 2.24) is 0 Å². The van der Waals surface area contributed by atoms with Crippen LogP contribution < -0.4 is 0 Å². The van der Waals surface area contributed by atoms with Gasteiger partial charge in [-0.3, -0.25) is 0 Å². The molecule has 0 aromatic rings. The predicted octanol–water partition coefficient (Wildman–Crippen LogP) is 1.44. The molecular formula is C5H10O2. The van der Waals surface area contributed by atoms with Gasteiger partial charge in [0.05, 0.1) is 6.61 Å². The van der Waals surface area contributed by atoms with Crippen LogP contribution in [0.4, 0.5) is 0 Å². The number of hydrogen-bond donors (Lipinski definition) is 1. The fourth-order valence-corrected chi connectivity index (χ4v) is 0.231. The first-order chi connectivity index (χ1) is 3.31. The van der Waals surface area contributed by atoms with Crippen molar-refractivity contribution >= 4 is 0 Å². The molecule has 1 N–H and O–H groups in total. The van der Waals surface area contributed by atoms with E-state index in [1.54, 1.807) is 6.92 Å². The maximum Gasteiger partial charge on any atom is 0.272 e. The average Bonchev–Trinajstić information content (AvgIpc) is 1.68. The van der Waals surface area contributed by atoms with E-state index in [4.69, 9.17) is 5.11 Å². The Labute approximate surface area is 43.4 Å². The molecule has 2 nitrogen and oxygen atoms in total. The summed E-state index contributed by atoms with van der Waals surface area (Å²) in [5.74, 6) is 0.00231. The van der Waals surface area contributed by atoms with Crippen LogP contribution in [0.2, 0.25) is 0 Å². The quantitative estimate of drug-likeness (QED) is 0.534. The zero-order valence-electron chi connectivity index (χ0n) is 4.64. The SMILES string of the molecule is C/C=C(\O)OCC. The topological polar surface area (TPSA) is 29.5 Å². The van der Waals surface area contributed by atoms with Gasteiger partial charge in [0.15, 0.2) is 0 Å². The fraction of sp³-hybridized carbons (Fsp3) is 0.600. The number of aliphatic hydroxyl groups is 1. The summed E-state index contributed by atoms with van der Waals surface area (Å²) in [6.07, 6.45) is 1.50. The van der Waals surface area contributed by atoms with Gasteiger partial charge in [-0.1, -0.05) is 0 Å². The summed E-state index contributed by atoms with van der Waals surface area (Å²) < 4.78 is 4.61. The van der Waals surface area contributed by atoms with Crippen molar-refractivity contribution in [1.29, 1.82) is 0 Å². The molecule has 0 aliphatic rings. The molecule has 0 rings (SSSR count). The zero-order chi connectivity index (χ0) is 5.70. The van der Waals surface area contributed by atoms with Gasteiger partial charge in [-0.2, -0.15) is 0 Å². The van der Waals surface area contributed by atoms with Crippen molar-refractivity contribution in [2.45, 2.75) is 13.8 Å². The second-order valence-electron chi connectivity index (χ2n) is 1.06. The van der Waals surface area contributed by atoms with E-state index in [0.29, 0.717) is 6.61 Å². The largest absolute Gasteiger partial charge is 0.481 e. The first-order valence-electron chi connectivity index (χ1n) is 2.29. The van der Waals surface area contributed by atoms with Crippen molar-refractivity contribution in [3.8, 4) is 0 Å². The average molecular weight is 102 g/mol. The van der Waals surface area contributed by atoms with E-state index in [9.17, 15) is 0 Å². The number of hydrogen-bond acceptors (Lipinski definition) is 2. The minimum atomic E-state index is 0.00231. The highest BCUT2D eigenvalue weighted by Gasteiger charge is 1.81. The smallest absolute Gasteiger partial charge is 0.272 e. The van der Waals surface area contributed by atoms with Crippen LogP contribution in [0, 0.1) is 0 Å². The maximum absolute atomic E-state index is 8.50. The van der Waals surface area contributed by atoms with Gasteiger partial charge >= 0.3 is 0 Å². The maximum atomic E-state index is 8.50. The lowest BCUT2D eigenvalue weighted by molar-refractivity contribution is 0.102. The molecular weight excluding hydrogens is 92.1 g/mol. The van der Waals surface area contributed by atoms with Crippen molar-refractivity contribution < 1.29 is 9.84 Å². The van der Waals surface area contributed by atoms with E-state index >= 15 is 0 Å². The lowest BCUT2D eigenvalue weighted by Crippen LogP contribution is -1.87. The van der Waals surface area contributed by atoms with Crippen LogP contribution >= 0.6 is 0 Å². The van der Waals surface area contributed by atoms with E-state index in [0.717, 1.165) is 0 Å². The Balaban J connectivity index is 3.17. The standard InChI is InChI=1S/C5H10O2/c1-3-5(6)7-4-2/h3,6H,4H2,1-2H3/b5-3+. The molecule has 0 aliphatic carbocycles. The molecule has 0 saturated carbocycles. The van der Waals surface area contributed by atoms with Gasteiger partial charge in [0.2, 0.25) is 0 Å². The summed E-state index contributed by atoms with van der Waals surface area (Å²) in [6, 6.07) is 0. The molecule has 7 heavy (non-hydrogen) atoms. The molecule has 2 heteroatoms. The molecule has 0 saturated heterocycles. The van der Waals surface area contributed by atoms with Crippen molar-refractivity contribution in [3.05, 3.63) is 12.0 Å². The first kappa shape index (κ1) is 6.34. The van der Waals surface area contributed by atoms with E-state index in [1.807, 2.05) is 6.92 Å². The minimum Gasteiger partial charge on any atom is -0.481 e.